The molecule has 28 heavy (non-hydrogen) atoms. The van der Waals surface area contributed by atoms with E-state index in [-0.39, 0.29) is 0 Å². The van der Waals surface area contributed by atoms with Crippen LogP contribution in [0.1, 0.15) is 0 Å². The molecule has 3 heteroatoms. The zero-order valence-electron chi connectivity index (χ0n) is 15.4. The van der Waals surface area contributed by atoms with Crippen molar-refractivity contribution in [3.63, 3.8) is 0 Å². The Morgan fingerprint density at radius 2 is 1.57 bits per heavy atom. The van der Waals surface area contributed by atoms with Crippen LogP contribution in [0.5, 0.6) is 11.5 Å². The van der Waals surface area contributed by atoms with Gasteiger partial charge < -0.3 is 4.74 Å². The van der Waals surface area contributed by atoms with Gasteiger partial charge in [-0.05, 0) is 47.5 Å². The summed E-state index contributed by atoms with van der Waals surface area (Å²) in [5.41, 5.74) is 5.89. The van der Waals surface area contributed by atoms with E-state index in [4.69, 9.17) is 4.74 Å². The Bertz CT molecular complexity index is 1390. The summed E-state index contributed by atoms with van der Waals surface area (Å²) in [4.78, 5) is 4.14. The molecule has 0 saturated heterocycles. The normalized spacial score (nSPS) is 12.0. The Morgan fingerprint density at radius 3 is 2.46 bits per heavy atom. The second-order valence-electron chi connectivity index (χ2n) is 7.15. The summed E-state index contributed by atoms with van der Waals surface area (Å²) in [6.07, 6.45) is 3.67. The maximum Gasteiger partial charge on any atom is 0.228 e. The minimum absolute atomic E-state index is 0.905. The van der Waals surface area contributed by atoms with Gasteiger partial charge in [0.1, 0.15) is 18.5 Å². The number of aromatic nitrogens is 2. The van der Waals surface area contributed by atoms with E-state index in [9.17, 15) is 0 Å². The number of fused-ring (bicyclic) bond motifs is 4. The molecule has 1 aliphatic rings. The van der Waals surface area contributed by atoms with Crippen molar-refractivity contribution in [2.24, 2.45) is 7.05 Å². The lowest BCUT2D eigenvalue weighted by Crippen LogP contribution is -2.33. The summed E-state index contributed by atoms with van der Waals surface area (Å²) in [5, 5.41) is 3.62. The van der Waals surface area contributed by atoms with E-state index in [0.717, 1.165) is 17.1 Å². The van der Waals surface area contributed by atoms with Gasteiger partial charge >= 0.3 is 0 Å². The Labute approximate surface area is 162 Å². The van der Waals surface area contributed by atoms with Crippen molar-refractivity contribution in [2.75, 3.05) is 0 Å². The topological polar surface area (TPSA) is 26.0 Å². The van der Waals surface area contributed by atoms with Gasteiger partial charge in [0.25, 0.3) is 0 Å². The molecule has 0 aliphatic carbocycles. The molecule has 3 aromatic carbocycles. The number of aryl methyl sites for hydroxylation is 1. The maximum atomic E-state index is 6.23. The van der Waals surface area contributed by atoms with Crippen LogP contribution >= 0.6 is 0 Å². The predicted molar refractivity (Wildman–Crippen MR) is 111 cm³/mol. The fourth-order valence-corrected chi connectivity index (χ4v) is 4.32. The number of hydrogen-bond acceptors (Lipinski definition) is 2. The molecule has 0 fully saturated rings. The third kappa shape index (κ3) is 2.04. The molecule has 0 amide bonds. The Balaban J connectivity index is 1.77. The van der Waals surface area contributed by atoms with E-state index in [1.54, 1.807) is 0 Å². The summed E-state index contributed by atoms with van der Waals surface area (Å²) in [6, 6.07) is 25.4. The van der Waals surface area contributed by atoms with Gasteiger partial charge in [0.05, 0.1) is 16.3 Å². The third-order valence-electron chi connectivity index (χ3n) is 5.62. The standard InChI is InChI=1S/C25H17N2O/c1-27-21-15-17(16-11-13-26-14-12-16)9-10-18(21)19-6-4-8-23-24(19)25(27)20-5-2-3-7-22(20)28-23/h2-15H,1H3/q+1. The minimum Gasteiger partial charge on any atom is -0.456 e. The van der Waals surface area contributed by atoms with Gasteiger partial charge in [-0.15, -0.1) is 0 Å². The van der Waals surface area contributed by atoms with Crippen LogP contribution in [0.4, 0.5) is 0 Å². The second kappa shape index (κ2) is 5.64. The first-order chi connectivity index (χ1) is 13.8. The molecular formula is C25H17N2O+. The first-order valence-corrected chi connectivity index (χ1v) is 9.37. The van der Waals surface area contributed by atoms with Crippen LogP contribution < -0.4 is 9.30 Å². The first kappa shape index (κ1) is 15.3. The molecule has 3 nitrogen and oxygen atoms in total. The number of para-hydroxylation sites is 1. The lowest BCUT2D eigenvalue weighted by molar-refractivity contribution is -0.632. The lowest BCUT2D eigenvalue weighted by atomic mass is 9.95. The highest BCUT2D eigenvalue weighted by atomic mass is 16.5. The van der Waals surface area contributed by atoms with E-state index in [1.165, 1.54) is 38.5 Å². The largest absolute Gasteiger partial charge is 0.456 e. The number of hydrogen-bond donors (Lipinski definition) is 0. The number of pyridine rings is 2. The van der Waals surface area contributed by atoms with Crippen molar-refractivity contribution < 1.29 is 9.30 Å². The maximum absolute atomic E-state index is 6.23. The van der Waals surface area contributed by atoms with Gasteiger partial charge in [0.15, 0.2) is 0 Å². The molecule has 0 saturated carbocycles. The lowest BCUT2D eigenvalue weighted by Gasteiger charge is -2.20. The SMILES string of the molecule is C[n+]1c2c3c(cccc3c3ccc(-c4ccncc4)cc31)Oc1ccccc1-2. The molecule has 0 atom stereocenters. The van der Waals surface area contributed by atoms with Crippen molar-refractivity contribution in [2.45, 2.75) is 0 Å². The zero-order chi connectivity index (χ0) is 18.7. The number of rotatable bonds is 1. The number of nitrogens with zero attached hydrogens (tertiary/aromatic N) is 2. The molecule has 6 rings (SSSR count). The molecule has 3 heterocycles. The average molecular weight is 361 g/mol. The van der Waals surface area contributed by atoms with Crippen LogP contribution in [0.25, 0.3) is 44.1 Å². The molecule has 0 unspecified atom stereocenters. The molecule has 1 aliphatic heterocycles. The highest BCUT2D eigenvalue weighted by Gasteiger charge is 2.29. The minimum atomic E-state index is 0.905. The molecule has 0 N–H and O–H groups in total. The van der Waals surface area contributed by atoms with Gasteiger partial charge in [0, 0.05) is 23.8 Å². The van der Waals surface area contributed by atoms with Crippen LogP contribution in [0.2, 0.25) is 0 Å². The molecule has 0 bridgehead atoms. The molecular weight excluding hydrogens is 344 g/mol. The van der Waals surface area contributed by atoms with Crippen molar-refractivity contribution in [1.29, 1.82) is 0 Å². The van der Waals surface area contributed by atoms with Crippen LogP contribution in [-0.4, -0.2) is 4.98 Å². The Kier molecular flexibility index (Phi) is 3.09. The van der Waals surface area contributed by atoms with Gasteiger partial charge in [-0.1, -0.05) is 30.3 Å². The fourth-order valence-electron chi connectivity index (χ4n) is 4.32. The smallest absolute Gasteiger partial charge is 0.228 e. The predicted octanol–water partition coefficient (Wildman–Crippen LogP) is 5.65. The Hall–Kier alpha value is -3.72. The second-order valence-corrected chi connectivity index (χ2v) is 7.15. The molecule has 2 aromatic heterocycles. The monoisotopic (exact) mass is 361 g/mol. The van der Waals surface area contributed by atoms with Crippen LogP contribution in [0, 0.1) is 0 Å². The third-order valence-corrected chi connectivity index (χ3v) is 5.62. The Morgan fingerprint density at radius 1 is 0.750 bits per heavy atom. The first-order valence-electron chi connectivity index (χ1n) is 9.37. The van der Waals surface area contributed by atoms with Gasteiger partial charge in [0.2, 0.25) is 11.2 Å². The molecule has 0 spiro atoms. The van der Waals surface area contributed by atoms with Crippen LogP contribution in [0.15, 0.2) is 85.2 Å². The molecule has 132 valence electrons. The zero-order valence-corrected chi connectivity index (χ0v) is 15.4. The van der Waals surface area contributed by atoms with Crippen molar-refractivity contribution in [3.8, 4) is 33.9 Å². The van der Waals surface area contributed by atoms with Gasteiger partial charge in [-0.3, -0.25) is 4.98 Å². The summed E-state index contributed by atoms with van der Waals surface area (Å²) >= 11 is 0. The van der Waals surface area contributed by atoms with E-state index in [2.05, 4.69) is 65.1 Å². The molecule has 5 aromatic rings. The van der Waals surface area contributed by atoms with Gasteiger partial charge in [-0.25, -0.2) is 0 Å². The van der Waals surface area contributed by atoms with Crippen molar-refractivity contribution in [1.82, 2.24) is 4.98 Å². The van der Waals surface area contributed by atoms with Crippen LogP contribution in [0.3, 0.4) is 0 Å². The highest BCUT2D eigenvalue weighted by molar-refractivity contribution is 6.13. The van der Waals surface area contributed by atoms with Gasteiger partial charge in [-0.2, -0.15) is 4.57 Å². The van der Waals surface area contributed by atoms with E-state index >= 15 is 0 Å². The van der Waals surface area contributed by atoms with Crippen molar-refractivity contribution in [3.05, 3.63) is 85.2 Å². The highest BCUT2D eigenvalue weighted by Crippen LogP contribution is 2.46. The number of ether oxygens (including phenoxy) is 1. The van der Waals surface area contributed by atoms with Crippen LogP contribution in [-0.2, 0) is 7.05 Å². The summed E-state index contributed by atoms with van der Waals surface area (Å²) in [6.45, 7) is 0. The number of benzene rings is 3. The molecule has 0 radical (unpaired) electrons. The van der Waals surface area contributed by atoms with Crippen molar-refractivity contribution >= 4 is 21.7 Å². The van der Waals surface area contributed by atoms with E-state index in [0.29, 0.717) is 0 Å². The summed E-state index contributed by atoms with van der Waals surface area (Å²) < 4.78 is 8.53. The fraction of sp³-hybridized carbons (Fsp3) is 0.0400. The van der Waals surface area contributed by atoms with E-state index in [1.807, 2.05) is 36.7 Å². The quantitative estimate of drug-likeness (QED) is 0.279. The van der Waals surface area contributed by atoms with E-state index < -0.39 is 0 Å². The average Bonchev–Trinajstić information content (AvgIpc) is 2.76. The summed E-state index contributed by atoms with van der Waals surface area (Å²) in [5.74, 6) is 1.82. The summed E-state index contributed by atoms with van der Waals surface area (Å²) in [7, 11) is 2.15.